The Hall–Kier alpha value is -2.52. The van der Waals surface area contributed by atoms with Gasteiger partial charge in [-0.1, -0.05) is 23.7 Å². The molecule has 9 heteroatoms. The zero-order valence-electron chi connectivity index (χ0n) is 16.7. The van der Waals surface area contributed by atoms with Gasteiger partial charge in [-0.3, -0.25) is 8.75 Å². The molecule has 0 bridgehead atoms. The molecular formula is C20H23NO6S2. The lowest BCUT2D eigenvalue weighted by atomic mass is 10.1. The first-order chi connectivity index (χ1) is 13.8. The van der Waals surface area contributed by atoms with Crippen LogP contribution in [0.3, 0.4) is 0 Å². The van der Waals surface area contributed by atoms with E-state index in [9.17, 15) is 13.2 Å². The normalized spacial score (nSPS) is 12.7. The lowest BCUT2D eigenvalue weighted by molar-refractivity contribution is 0.310. The van der Waals surface area contributed by atoms with Crippen LogP contribution in [0.5, 0.6) is 17.2 Å². The Morgan fingerprint density at radius 3 is 2.41 bits per heavy atom. The maximum atomic E-state index is 13.1. The van der Waals surface area contributed by atoms with Crippen LogP contribution in [0.25, 0.3) is 10.1 Å². The average Bonchev–Trinajstić information content (AvgIpc) is 3.02. The van der Waals surface area contributed by atoms with Crippen LogP contribution < -0.4 is 19.8 Å². The molecule has 29 heavy (non-hydrogen) atoms. The number of rotatable bonds is 8. The van der Waals surface area contributed by atoms with Crippen molar-refractivity contribution in [1.82, 2.24) is 3.96 Å². The maximum Gasteiger partial charge on any atom is 0.269 e. The fourth-order valence-electron chi connectivity index (χ4n) is 3.16. The third-order valence-electron chi connectivity index (χ3n) is 4.44. The predicted octanol–water partition coefficient (Wildman–Crippen LogP) is 3.11. The van der Waals surface area contributed by atoms with E-state index in [1.54, 1.807) is 36.4 Å². The van der Waals surface area contributed by atoms with Gasteiger partial charge < -0.3 is 14.2 Å². The number of fused-ring (bicyclic) bond motifs is 1. The van der Waals surface area contributed by atoms with Crippen molar-refractivity contribution in [1.29, 1.82) is 0 Å². The first-order valence-corrected chi connectivity index (χ1v) is 11.8. The first kappa shape index (κ1) is 21.2. The molecule has 3 aromatic rings. The van der Waals surface area contributed by atoms with E-state index in [0.29, 0.717) is 39.5 Å². The number of sulfone groups is 1. The van der Waals surface area contributed by atoms with Crippen molar-refractivity contribution in [2.24, 2.45) is 0 Å². The number of benzene rings is 2. The Kier molecular flexibility index (Phi) is 6.18. The van der Waals surface area contributed by atoms with Gasteiger partial charge in [0.25, 0.3) is 5.56 Å². The summed E-state index contributed by atoms with van der Waals surface area (Å²) in [7, 11) is -0.314. The van der Waals surface area contributed by atoms with E-state index in [1.165, 1.54) is 29.7 Å². The van der Waals surface area contributed by atoms with Crippen LogP contribution in [-0.4, -0.2) is 45.2 Å². The van der Waals surface area contributed by atoms with Gasteiger partial charge in [-0.25, -0.2) is 8.42 Å². The minimum atomic E-state index is -3.39. The molecule has 0 aliphatic heterocycles. The van der Waals surface area contributed by atoms with Gasteiger partial charge in [0.05, 0.1) is 42.7 Å². The van der Waals surface area contributed by atoms with Crippen LogP contribution in [-0.2, 0) is 9.84 Å². The van der Waals surface area contributed by atoms with E-state index in [4.69, 9.17) is 14.2 Å². The van der Waals surface area contributed by atoms with Crippen molar-refractivity contribution >= 4 is 31.5 Å². The molecule has 0 unspecified atom stereocenters. The van der Waals surface area contributed by atoms with E-state index in [-0.39, 0.29) is 11.3 Å². The summed E-state index contributed by atoms with van der Waals surface area (Å²) in [6, 6.07) is 9.72. The molecule has 2 aromatic carbocycles. The van der Waals surface area contributed by atoms with Crippen LogP contribution in [0, 0.1) is 0 Å². The molecule has 156 valence electrons. The van der Waals surface area contributed by atoms with E-state index in [2.05, 4.69) is 0 Å². The lowest BCUT2D eigenvalue weighted by Crippen LogP contribution is -2.26. The smallest absolute Gasteiger partial charge is 0.269 e. The standard InChI is InChI=1S/C20H23NO6S2/c1-5-27-18-11-13(9-10-16(18)25-2)15(12-29(4,23)24)21-20(22)14-7-6-8-17(26-3)19(14)28-21/h6-11,15H,5,12H2,1-4H3/t15-/m1/s1. The van der Waals surface area contributed by atoms with Crippen molar-refractivity contribution in [2.45, 2.75) is 13.0 Å². The maximum absolute atomic E-state index is 13.1. The van der Waals surface area contributed by atoms with Gasteiger partial charge in [0, 0.05) is 6.26 Å². The highest BCUT2D eigenvalue weighted by Gasteiger charge is 2.25. The average molecular weight is 438 g/mol. The summed E-state index contributed by atoms with van der Waals surface area (Å²) < 4.78 is 42.8. The number of methoxy groups -OCH3 is 2. The summed E-state index contributed by atoms with van der Waals surface area (Å²) in [6.07, 6.45) is 1.16. The predicted molar refractivity (Wildman–Crippen MR) is 115 cm³/mol. The number of hydrogen-bond acceptors (Lipinski definition) is 7. The monoisotopic (exact) mass is 437 g/mol. The molecule has 0 fully saturated rings. The number of ether oxygens (including phenoxy) is 3. The van der Waals surface area contributed by atoms with E-state index >= 15 is 0 Å². The van der Waals surface area contributed by atoms with Crippen molar-refractivity contribution in [3.05, 3.63) is 52.3 Å². The molecule has 0 saturated carbocycles. The molecule has 0 aliphatic carbocycles. The summed E-state index contributed by atoms with van der Waals surface area (Å²) in [6.45, 7) is 2.28. The highest BCUT2D eigenvalue weighted by molar-refractivity contribution is 7.90. The van der Waals surface area contributed by atoms with Gasteiger partial charge in [-0.2, -0.15) is 0 Å². The fraction of sp³-hybridized carbons (Fsp3) is 0.350. The minimum absolute atomic E-state index is 0.222. The fourth-order valence-corrected chi connectivity index (χ4v) is 5.36. The second-order valence-corrected chi connectivity index (χ2v) is 9.68. The first-order valence-electron chi connectivity index (χ1n) is 8.96. The molecule has 0 aliphatic rings. The Morgan fingerprint density at radius 1 is 1.07 bits per heavy atom. The number of nitrogens with zero attached hydrogens (tertiary/aromatic N) is 1. The van der Waals surface area contributed by atoms with Crippen LogP contribution in [0.1, 0.15) is 18.5 Å². The molecular weight excluding hydrogens is 414 g/mol. The third-order valence-corrected chi connectivity index (χ3v) is 6.58. The summed E-state index contributed by atoms with van der Waals surface area (Å²) >= 11 is 1.19. The number of aromatic nitrogens is 1. The van der Waals surface area contributed by atoms with Gasteiger partial charge in [0.15, 0.2) is 11.5 Å². The third kappa shape index (κ3) is 4.40. The second kappa shape index (κ2) is 8.46. The lowest BCUT2D eigenvalue weighted by Gasteiger charge is -2.19. The van der Waals surface area contributed by atoms with Gasteiger partial charge >= 0.3 is 0 Å². The second-order valence-electron chi connectivity index (χ2n) is 6.51. The van der Waals surface area contributed by atoms with Gasteiger partial charge in [-0.15, -0.1) is 0 Å². The molecule has 0 radical (unpaired) electrons. The Balaban J connectivity index is 2.22. The molecule has 3 rings (SSSR count). The Labute approximate surface area is 173 Å². The van der Waals surface area contributed by atoms with Crippen LogP contribution in [0.15, 0.2) is 41.2 Å². The SMILES string of the molecule is CCOc1cc([C@@H](CS(C)(=O)=O)n2sc3c(OC)cccc3c2=O)ccc1OC. The van der Waals surface area contributed by atoms with Gasteiger partial charge in [0.1, 0.15) is 15.6 Å². The molecule has 0 amide bonds. The van der Waals surface area contributed by atoms with Crippen molar-refractivity contribution in [3.63, 3.8) is 0 Å². The van der Waals surface area contributed by atoms with Crippen molar-refractivity contribution in [2.75, 3.05) is 32.8 Å². The largest absolute Gasteiger partial charge is 0.495 e. The summed E-state index contributed by atoms with van der Waals surface area (Å²) in [5, 5.41) is 0.492. The highest BCUT2D eigenvalue weighted by atomic mass is 32.2. The van der Waals surface area contributed by atoms with Gasteiger partial charge in [0.2, 0.25) is 0 Å². The zero-order chi connectivity index (χ0) is 21.2. The molecule has 0 N–H and O–H groups in total. The topological polar surface area (TPSA) is 83.8 Å². The molecule has 1 heterocycles. The zero-order valence-corrected chi connectivity index (χ0v) is 18.3. The van der Waals surface area contributed by atoms with Crippen LogP contribution in [0.4, 0.5) is 0 Å². The molecule has 0 saturated heterocycles. The quantitative estimate of drug-likeness (QED) is 0.538. The molecule has 1 aromatic heterocycles. The van der Waals surface area contributed by atoms with E-state index in [0.717, 1.165) is 6.26 Å². The Morgan fingerprint density at radius 2 is 1.79 bits per heavy atom. The molecule has 0 spiro atoms. The van der Waals surface area contributed by atoms with Crippen molar-refractivity contribution in [3.8, 4) is 17.2 Å². The number of hydrogen-bond donors (Lipinski definition) is 0. The molecule has 1 atom stereocenters. The van der Waals surface area contributed by atoms with Gasteiger partial charge in [-0.05, 0) is 36.8 Å². The van der Waals surface area contributed by atoms with E-state index in [1.807, 2.05) is 6.92 Å². The van der Waals surface area contributed by atoms with Crippen molar-refractivity contribution < 1.29 is 22.6 Å². The van der Waals surface area contributed by atoms with E-state index < -0.39 is 15.9 Å². The summed E-state index contributed by atoms with van der Waals surface area (Å²) in [5.74, 6) is 1.39. The van der Waals surface area contributed by atoms with Crippen LogP contribution >= 0.6 is 11.5 Å². The minimum Gasteiger partial charge on any atom is -0.495 e. The molecule has 7 nitrogen and oxygen atoms in total. The summed E-state index contributed by atoms with van der Waals surface area (Å²) in [4.78, 5) is 13.1. The summed E-state index contributed by atoms with van der Waals surface area (Å²) in [5.41, 5.74) is 0.388. The Bertz CT molecular complexity index is 1180. The highest BCUT2D eigenvalue weighted by Crippen LogP contribution is 2.35. The van der Waals surface area contributed by atoms with Crippen LogP contribution in [0.2, 0.25) is 0 Å².